The summed E-state index contributed by atoms with van der Waals surface area (Å²) in [6, 6.07) is 8.43. The molecule has 0 saturated heterocycles. The topological polar surface area (TPSA) is 66.5 Å². The van der Waals surface area contributed by atoms with Gasteiger partial charge >= 0.3 is 0 Å². The van der Waals surface area contributed by atoms with Crippen LogP contribution in [0.15, 0.2) is 36.4 Å². The zero-order valence-electron chi connectivity index (χ0n) is 14.0. The third-order valence-corrected chi connectivity index (χ3v) is 4.94. The van der Waals surface area contributed by atoms with Gasteiger partial charge in [-0.25, -0.2) is 12.8 Å². The molecule has 134 valence electrons. The monoisotopic (exact) mass is 384 g/mol. The van der Waals surface area contributed by atoms with Crippen molar-refractivity contribution < 1.29 is 17.6 Å². The number of rotatable bonds is 5. The normalized spacial score (nSPS) is 11.2. The average molecular weight is 385 g/mol. The van der Waals surface area contributed by atoms with Gasteiger partial charge in [-0.15, -0.1) is 0 Å². The van der Waals surface area contributed by atoms with Crippen molar-refractivity contribution in [2.75, 3.05) is 22.4 Å². The van der Waals surface area contributed by atoms with Crippen LogP contribution in [0, 0.1) is 19.7 Å². The molecule has 0 bridgehead atoms. The molecule has 0 fully saturated rings. The van der Waals surface area contributed by atoms with Gasteiger partial charge in [0.05, 0.1) is 22.7 Å². The van der Waals surface area contributed by atoms with Crippen molar-refractivity contribution in [3.63, 3.8) is 0 Å². The summed E-state index contributed by atoms with van der Waals surface area (Å²) in [6.07, 6.45) is 0.980. The van der Waals surface area contributed by atoms with Crippen LogP contribution in [0.3, 0.4) is 0 Å². The zero-order valence-corrected chi connectivity index (χ0v) is 15.6. The summed E-state index contributed by atoms with van der Waals surface area (Å²) in [5.74, 6) is -1.05. The SMILES string of the molecule is Cc1cc(C)c(NC(=O)CN(c2ccc(F)cc2)S(C)(=O)=O)c(Cl)c1. The summed E-state index contributed by atoms with van der Waals surface area (Å²) in [5.41, 5.74) is 2.35. The quantitative estimate of drug-likeness (QED) is 0.857. The van der Waals surface area contributed by atoms with Crippen LogP contribution in [0.25, 0.3) is 0 Å². The van der Waals surface area contributed by atoms with Crippen LogP contribution in [0.2, 0.25) is 5.02 Å². The Morgan fingerprint density at radius 2 is 1.80 bits per heavy atom. The van der Waals surface area contributed by atoms with E-state index >= 15 is 0 Å². The van der Waals surface area contributed by atoms with Gasteiger partial charge in [-0.3, -0.25) is 9.10 Å². The summed E-state index contributed by atoms with van der Waals surface area (Å²) < 4.78 is 38.0. The molecular formula is C17H18ClFN2O3S. The molecule has 2 rings (SSSR count). The Morgan fingerprint density at radius 3 is 2.32 bits per heavy atom. The number of carbonyl (C=O) groups excluding carboxylic acids is 1. The standard InChI is InChI=1S/C17H18ClFN2O3S/c1-11-8-12(2)17(15(18)9-11)20-16(22)10-21(25(3,23)24)14-6-4-13(19)5-7-14/h4-9H,10H2,1-3H3,(H,20,22). The number of hydrogen-bond acceptors (Lipinski definition) is 3. The minimum absolute atomic E-state index is 0.200. The van der Waals surface area contributed by atoms with Crippen LogP contribution in [0.4, 0.5) is 15.8 Å². The van der Waals surface area contributed by atoms with Crippen molar-refractivity contribution in [2.45, 2.75) is 13.8 Å². The highest BCUT2D eigenvalue weighted by atomic mass is 35.5. The van der Waals surface area contributed by atoms with E-state index in [1.807, 2.05) is 13.0 Å². The first-order chi connectivity index (χ1) is 11.6. The third kappa shape index (κ3) is 4.93. The van der Waals surface area contributed by atoms with E-state index in [-0.39, 0.29) is 5.69 Å². The van der Waals surface area contributed by atoms with E-state index < -0.39 is 28.3 Å². The molecule has 0 spiro atoms. The molecule has 0 aliphatic heterocycles. The van der Waals surface area contributed by atoms with E-state index in [4.69, 9.17) is 11.6 Å². The molecule has 0 aromatic heterocycles. The fraction of sp³-hybridized carbons (Fsp3) is 0.235. The highest BCUT2D eigenvalue weighted by molar-refractivity contribution is 7.92. The number of aryl methyl sites for hydroxylation is 2. The van der Waals surface area contributed by atoms with Gasteiger partial charge < -0.3 is 5.32 Å². The lowest BCUT2D eigenvalue weighted by molar-refractivity contribution is -0.114. The Kier molecular flexibility index (Phi) is 5.69. The van der Waals surface area contributed by atoms with Crippen LogP contribution >= 0.6 is 11.6 Å². The maximum absolute atomic E-state index is 13.1. The fourth-order valence-corrected chi connectivity index (χ4v) is 3.62. The number of carbonyl (C=O) groups is 1. The Balaban J connectivity index is 2.25. The summed E-state index contributed by atoms with van der Waals surface area (Å²) in [7, 11) is -3.73. The maximum Gasteiger partial charge on any atom is 0.245 e. The van der Waals surface area contributed by atoms with E-state index in [2.05, 4.69) is 5.32 Å². The van der Waals surface area contributed by atoms with Crippen molar-refractivity contribution in [3.05, 3.63) is 58.4 Å². The fourth-order valence-electron chi connectivity index (χ4n) is 2.39. The molecule has 5 nitrogen and oxygen atoms in total. The third-order valence-electron chi connectivity index (χ3n) is 3.50. The molecule has 0 unspecified atom stereocenters. The van der Waals surface area contributed by atoms with Crippen molar-refractivity contribution in [2.24, 2.45) is 0 Å². The van der Waals surface area contributed by atoms with Crippen LogP contribution < -0.4 is 9.62 Å². The number of benzene rings is 2. The van der Waals surface area contributed by atoms with Crippen LogP contribution in [0.1, 0.15) is 11.1 Å². The van der Waals surface area contributed by atoms with Crippen LogP contribution in [0.5, 0.6) is 0 Å². The molecule has 0 aliphatic carbocycles. The first kappa shape index (κ1) is 19.2. The second-order valence-corrected chi connectivity index (χ2v) is 8.05. The van der Waals surface area contributed by atoms with Gasteiger partial charge in [0.15, 0.2) is 0 Å². The smallest absolute Gasteiger partial charge is 0.245 e. The first-order valence-corrected chi connectivity index (χ1v) is 9.60. The van der Waals surface area contributed by atoms with Gasteiger partial charge in [0.1, 0.15) is 12.4 Å². The molecular weight excluding hydrogens is 367 g/mol. The van der Waals surface area contributed by atoms with Crippen LogP contribution in [-0.2, 0) is 14.8 Å². The molecule has 0 atom stereocenters. The molecule has 0 heterocycles. The minimum atomic E-state index is -3.73. The van der Waals surface area contributed by atoms with Gasteiger partial charge in [0, 0.05) is 0 Å². The van der Waals surface area contributed by atoms with Gasteiger partial charge in [0.25, 0.3) is 0 Å². The highest BCUT2D eigenvalue weighted by Crippen LogP contribution is 2.27. The second-order valence-electron chi connectivity index (χ2n) is 5.73. The molecule has 0 aliphatic rings. The number of hydrogen-bond donors (Lipinski definition) is 1. The molecule has 25 heavy (non-hydrogen) atoms. The number of nitrogens with one attached hydrogen (secondary N) is 1. The molecule has 2 aromatic carbocycles. The molecule has 8 heteroatoms. The number of anilines is 2. The summed E-state index contributed by atoms with van der Waals surface area (Å²) in [5, 5.41) is 3.01. The highest BCUT2D eigenvalue weighted by Gasteiger charge is 2.21. The minimum Gasteiger partial charge on any atom is -0.323 e. The maximum atomic E-state index is 13.1. The van der Waals surface area contributed by atoms with E-state index in [0.29, 0.717) is 10.7 Å². The summed E-state index contributed by atoms with van der Waals surface area (Å²) in [6.45, 7) is 3.22. The number of amides is 1. The lowest BCUT2D eigenvalue weighted by Crippen LogP contribution is -2.37. The van der Waals surface area contributed by atoms with E-state index in [1.54, 1.807) is 13.0 Å². The Labute approximate surface area is 151 Å². The van der Waals surface area contributed by atoms with E-state index in [1.165, 1.54) is 12.1 Å². The van der Waals surface area contributed by atoms with Gasteiger partial charge in [-0.2, -0.15) is 0 Å². The molecule has 2 aromatic rings. The summed E-state index contributed by atoms with van der Waals surface area (Å²) in [4.78, 5) is 12.3. The van der Waals surface area contributed by atoms with Crippen molar-refractivity contribution in [3.8, 4) is 0 Å². The molecule has 1 amide bonds. The lowest BCUT2D eigenvalue weighted by Gasteiger charge is -2.22. The lowest BCUT2D eigenvalue weighted by atomic mass is 10.1. The second kappa shape index (κ2) is 7.41. The first-order valence-electron chi connectivity index (χ1n) is 7.38. The van der Waals surface area contributed by atoms with Crippen LogP contribution in [-0.4, -0.2) is 27.1 Å². The number of halogens is 2. The number of nitrogens with zero attached hydrogens (tertiary/aromatic N) is 1. The zero-order chi connectivity index (χ0) is 18.8. The average Bonchev–Trinajstić information content (AvgIpc) is 2.48. The van der Waals surface area contributed by atoms with Gasteiger partial charge in [0.2, 0.25) is 15.9 Å². The molecule has 0 radical (unpaired) electrons. The van der Waals surface area contributed by atoms with Gasteiger partial charge in [-0.05, 0) is 55.3 Å². The predicted molar refractivity (Wildman–Crippen MR) is 98.1 cm³/mol. The molecule has 0 saturated carbocycles. The van der Waals surface area contributed by atoms with Crippen molar-refractivity contribution in [1.82, 2.24) is 0 Å². The number of sulfonamides is 1. The van der Waals surface area contributed by atoms with Gasteiger partial charge in [-0.1, -0.05) is 17.7 Å². The van der Waals surface area contributed by atoms with E-state index in [9.17, 15) is 17.6 Å². The Morgan fingerprint density at radius 1 is 1.20 bits per heavy atom. The van der Waals surface area contributed by atoms with Crippen molar-refractivity contribution >= 4 is 38.9 Å². The Hall–Kier alpha value is -2.12. The Bertz CT molecular complexity index is 876. The largest absolute Gasteiger partial charge is 0.323 e. The molecule has 1 N–H and O–H groups in total. The summed E-state index contributed by atoms with van der Waals surface area (Å²) >= 11 is 6.15. The predicted octanol–water partition coefficient (Wildman–Crippen LogP) is 3.50. The van der Waals surface area contributed by atoms with E-state index in [0.717, 1.165) is 33.8 Å². The van der Waals surface area contributed by atoms with Crippen molar-refractivity contribution in [1.29, 1.82) is 0 Å².